The minimum absolute atomic E-state index is 0.0114. The minimum Gasteiger partial charge on any atom is -0.481 e. The Morgan fingerprint density at radius 2 is 2.59 bits per heavy atom. The molecule has 1 aliphatic rings. The summed E-state index contributed by atoms with van der Waals surface area (Å²) in [6.07, 6.45) is 3.74. The third-order valence-electron chi connectivity index (χ3n) is 2.72. The predicted molar refractivity (Wildman–Crippen MR) is 62.1 cm³/mol. The lowest BCUT2D eigenvalue weighted by Crippen LogP contribution is -2.25. The molecule has 2 heterocycles. The first-order valence-corrected chi connectivity index (χ1v) is 6.51. The van der Waals surface area contributed by atoms with Crippen molar-refractivity contribution >= 4 is 17.7 Å². The van der Waals surface area contributed by atoms with E-state index < -0.39 is 5.97 Å². The third kappa shape index (κ3) is 3.19. The van der Waals surface area contributed by atoms with Gasteiger partial charge in [-0.1, -0.05) is 11.8 Å². The standard InChI is InChI=1S/C10H15N3O3S/c1-7-4-8(2-3-16-7)13-6-11-12-10(13)17-5-9(14)15/h6-8H,2-5H2,1H3,(H,14,15). The zero-order valence-corrected chi connectivity index (χ0v) is 10.4. The molecule has 0 bridgehead atoms. The minimum atomic E-state index is -0.843. The molecule has 1 aliphatic heterocycles. The summed E-state index contributed by atoms with van der Waals surface area (Å²) in [5.41, 5.74) is 0. The van der Waals surface area contributed by atoms with E-state index in [2.05, 4.69) is 10.2 Å². The van der Waals surface area contributed by atoms with E-state index in [9.17, 15) is 4.79 Å². The second-order valence-corrected chi connectivity index (χ2v) is 5.01. The van der Waals surface area contributed by atoms with Gasteiger partial charge in [-0.05, 0) is 19.8 Å². The van der Waals surface area contributed by atoms with E-state index in [1.54, 1.807) is 6.33 Å². The topological polar surface area (TPSA) is 77.2 Å². The first-order valence-electron chi connectivity index (χ1n) is 5.52. The van der Waals surface area contributed by atoms with Crippen LogP contribution in [0, 0.1) is 0 Å². The fraction of sp³-hybridized carbons (Fsp3) is 0.700. The average molecular weight is 257 g/mol. The first-order chi connectivity index (χ1) is 8.16. The van der Waals surface area contributed by atoms with E-state index in [1.807, 2.05) is 11.5 Å². The van der Waals surface area contributed by atoms with Gasteiger partial charge in [-0.3, -0.25) is 4.79 Å². The Bertz CT molecular complexity index is 396. The Hall–Kier alpha value is -1.08. The number of aromatic nitrogens is 3. The number of aliphatic carboxylic acids is 1. The highest BCUT2D eigenvalue weighted by molar-refractivity contribution is 7.99. The molecule has 17 heavy (non-hydrogen) atoms. The maximum atomic E-state index is 10.5. The van der Waals surface area contributed by atoms with Crippen LogP contribution in [0.4, 0.5) is 0 Å². The zero-order valence-electron chi connectivity index (χ0n) is 9.57. The normalized spacial score (nSPS) is 24.8. The molecule has 0 aromatic carbocycles. The first kappa shape index (κ1) is 12.4. The van der Waals surface area contributed by atoms with E-state index in [0.29, 0.717) is 11.2 Å². The number of carbonyl (C=O) groups is 1. The number of carboxylic acid groups (broad SMARTS) is 1. The van der Waals surface area contributed by atoms with Crippen LogP contribution in [0.3, 0.4) is 0 Å². The maximum Gasteiger partial charge on any atom is 0.313 e. The van der Waals surface area contributed by atoms with Gasteiger partial charge in [0.1, 0.15) is 6.33 Å². The maximum absolute atomic E-state index is 10.5. The summed E-state index contributed by atoms with van der Waals surface area (Å²) in [7, 11) is 0. The second-order valence-electron chi connectivity index (χ2n) is 4.06. The van der Waals surface area contributed by atoms with E-state index in [1.165, 1.54) is 11.8 Å². The van der Waals surface area contributed by atoms with Crippen LogP contribution in [0.5, 0.6) is 0 Å². The molecule has 6 nitrogen and oxygen atoms in total. The molecule has 7 heteroatoms. The van der Waals surface area contributed by atoms with E-state index >= 15 is 0 Å². The van der Waals surface area contributed by atoms with Crippen LogP contribution in [0.25, 0.3) is 0 Å². The van der Waals surface area contributed by atoms with Gasteiger partial charge in [0.15, 0.2) is 5.16 Å². The molecule has 2 unspecified atom stereocenters. The summed E-state index contributed by atoms with van der Waals surface area (Å²) in [6.45, 7) is 2.77. The molecule has 1 aromatic heterocycles. The van der Waals surface area contributed by atoms with Gasteiger partial charge in [-0.25, -0.2) is 0 Å². The smallest absolute Gasteiger partial charge is 0.313 e. The van der Waals surface area contributed by atoms with Gasteiger partial charge >= 0.3 is 5.97 Å². The molecule has 2 atom stereocenters. The van der Waals surface area contributed by atoms with Crippen LogP contribution in [-0.2, 0) is 9.53 Å². The molecule has 1 fully saturated rings. The molecule has 0 saturated carbocycles. The van der Waals surface area contributed by atoms with Gasteiger partial charge in [0, 0.05) is 12.6 Å². The number of ether oxygens (including phenoxy) is 1. The molecule has 1 aromatic rings. The largest absolute Gasteiger partial charge is 0.481 e. The van der Waals surface area contributed by atoms with Crippen molar-refractivity contribution in [3.8, 4) is 0 Å². The quantitative estimate of drug-likeness (QED) is 0.816. The number of carboxylic acids is 1. The third-order valence-corrected chi connectivity index (χ3v) is 3.66. The number of hydrogen-bond donors (Lipinski definition) is 1. The Kier molecular flexibility index (Phi) is 4.01. The van der Waals surface area contributed by atoms with Gasteiger partial charge in [-0.2, -0.15) is 0 Å². The van der Waals surface area contributed by atoms with Crippen molar-refractivity contribution in [2.45, 2.75) is 37.1 Å². The van der Waals surface area contributed by atoms with Crippen LogP contribution in [0.2, 0.25) is 0 Å². The van der Waals surface area contributed by atoms with Crippen molar-refractivity contribution in [1.29, 1.82) is 0 Å². The van der Waals surface area contributed by atoms with Crippen LogP contribution in [0.1, 0.15) is 25.8 Å². The SMILES string of the molecule is CC1CC(n2cnnc2SCC(=O)O)CCO1. The lowest BCUT2D eigenvalue weighted by atomic mass is 10.0. The van der Waals surface area contributed by atoms with E-state index in [-0.39, 0.29) is 11.9 Å². The molecule has 94 valence electrons. The van der Waals surface area contributed by atoms with Crippen LogP contribution >= 0.6 is 11.8 Å². The highest BCUT2D eigenvalue weighted by Gasteiger charge is 2.23. The van der Waals surface area contributed by atoms with Gasteiger partial charge in [0.05, 0.1) is 11.9 Å². The van der Waals surface area contributed by atoms with E-state index in [4.69, 9.17) is 9.84 Å². The molecule has 0 spiro atoms. The Labute approximate surface area is 103 Å². The summed E-state index contributed by atoms with van der Waals surface area (Å²) in [6, 6.07) is 0.310. The number of thioether (sulfide) groups is 1. The van der Waals surface area contributed by atoms with Crippen molar-refractivity contribution in [3.63, 3.8) is 0 Å². The van der Waals surface area contributed by atoms with Gasteiger partial charge in [0.2, 0.25) is 0 Å². The number of nitrogens with zero attached hydrogens (tertiary/aromatic N) is 3. The zero-order chi connectivity index (χ0) is 12.3. The number of rotatable bonds is 4. The Morgan fingerprint density at radius 3 is 3.29 bits per heavy atom. The lowest BCUT2D eigenvalue weighted by molar-refractivity contribution is -0.133. The highest BCUT2D eigenvalue weighted by Crippen LogP contribution is 2.28. The monoisotopic (exact) mass is 257 g/mol. The molecule has 0 radical (unpaired) electrons. The van der Waals surface area contributed by atoms with Crippen molar-refractivity contribution in [2.75, 3.05) is 12.4 Å². The summed E-state index contributed by atoms with van der Waals surface area (Å²) in [4.78, 5) is 10.5. The van der Waals surface area contributed by atoms with Gasteiger partial charge in [-0.15, -0.1) is 10.2 Å². The summed E-state index contributed by atoms with van der Waals surface area (Å²) >= 11 is 1.21. The Balaban J connectivity index is 2.04. The fourth-order valence-electron chi connectivity index (χ4n) is 1.94. The molecule has 0 amide bonds. The average Bonchev–Trinajstić information content (AvgIpc) is 2.74. The second kappa shape index (κ2) is 5.50. The van der Waals surface area contributed by atoms with Crippen molar-refractivity contribution in [3.05, 3.63) is 6.33 Å². The molecule has 2 rings (SSSR count). The molecular weight excluding hydrogens is 242 g/mol. The summed E-state index contributed by atoms with van der Waals surface area (Å²) in [5, 5.41) is 17.1. The van der Waals surface area contributed by atoms with Crippen molar-refractivity contribution in [1.82, 2.24) is 14.8 Å². The summed E-state index contributed by atoms with van der Waals surface area (Å²) < 4.78 is 7.45. The number of hydrogen-bond acceptors (Lipinski definition) is 5. The Morgan fingerprint density at radius 1 is 1.76 bits per heavy atom. The predicted octanol–water partition coefficient (Wildman–Crippen LogP) is 1.19. The fourth-order valence-corrected chi connectivity index (χ4v) is 2.64. The molecule has 1 saturated heterocycles. The molecule has 1 N–H and O–H groups in total. The van der Waals surface area contributed by atoms with Crippen LogP contribution in [0.15, 0.2) is 11.5 Å². The molecule has 0 aliphatic carbocycles. The van der Waals surface area contributed by atoms with E-state index in [0.717, 1.165) is 19.4 Å². The van der Waals surface area contributed by atoms with Gasteiger partial charge in [0.25, 0.3) is 0 Å². The highest BCUT2D eigenvalue weighted by atomic mass is 32.2. The molecular formula is C10H15N3O3S. The summed E-state index contributed by atoms with van der Waals surface area (Å²) in [5.74, 6) is -0.831. The van der Waals surface area contributed by atoms with Gasteiger partial charge < -0.3 is 14.4 Å². The van der Waals surface area contributed by atoms with Crippen molar-refractivity contribution in [2.24, 2.45) is 0 Å². The van der Waals surface area contributed by atoms with Crippen LogP contribution in [-0.4, -0.2) is 44.3 Å². The van der Waals surface area contributed by atoms with Crippen LogP contribution < -0.4 is 0 Å². The van der Waals surface area contributed by atoms with Crippen molar-refractivity contribution < 1.29 is 14.6 Å². The lowest BCUT2D eigenvalue weighted by Gasteiger charge is -2.28.